The average Bonchev–Trinajstić information content (AvgIpc) is 3.13. The molecular weight excluding hydrogens is 384 g/mol. The first-order chi connectivity index (χ1) is 13.6. The highest BCUT2D eigenvalue weighted by atomic mass is 28.4. The molecule has 1 aromatic heterocycles. The Morgan fingerprint density at radius 3 is 2.41 bits per heavy atom. The predicted octanol–water partition coefficient (Wildman–Crippen LogP) is 5.50. The quantitative estimate of drug-likeness (QED) is 0.322. The van der Waals surface area contributed by atoms with Crippen LogP contribution in [0.3, 0.4) is 0 Å². The molecule has 0 aliphatic carbocycles. The van der Waals surface area contributed by atoms with Crippen molar-refractivity contribution in [3.63, 3.8) is 0 Å². The molecule has 3 aromatic rings. The molecule has 154 valence electrons. The van der Waals surface area contributed by atoms with Gasteiger partial charge in [-0.15, -0.1) is 0 Å². The lowest BCUT2D eigenvalue weighted by molar-refractivity contribution is 0.141. The average molecular weight is 413 g/mol. The molecule has 2 aromatic carbocycles. The van der Waals surface area contributed by atoms with Crippen LogP contribution in [0.5, 0.6) is 11.5 Å². The zero-order valence-corrected chi connectivity index (χ0v) is 18.7. The fraction of sp³-hybridized carbons (Fsp3) is 0.435. The third kappa shape index (κ3) is 3.91. The Morgan fingerprint density at radius 2 is 1.72 bits per heavy atom. The Morgan fingerprint density at radius 1 is 1.00 bits per heavy atom. The maximum atomic E-state index is 12.7. The zero-order chi connectivity index (χ0) is 20.8. The molecular formula is C23H28O5Si. The zero-order valence-electron chi connectivity index (χ0n) is 17.7. The molecule has 1 aliphatic rings. The maximum absolute atomic E-state index is 12.7. The van der Waals surface area contributed by atoms with Gasteiger partial charge < -0.3 is 18.3 Å². The molecule has 6 heteroatoms. The largest absolute Gasteiger partial charge is 0.543 e. The summed E-state index contributed by atoms with van der Waals surface area (Å²) in [6.07, 6.45) is 0.899. The SMILES string of the molecule is CC(C)(C)[Si](C)(C)Oc1ccc2c(c1)oc(=O)c1cc(O[C@@H]3CCOC3)ccc12. The van der Waals surface area contributed by atoms with Crippen LogP contribution < -0.4 is 14.8 Å². The minimum Gasteiger partial charge on any atom is -0.543 e. The lowest BCUT2D eigenvalue weighted by Crippen LogP contribution is -2.43. The second kappa shape index (κ2) is 7.18. The van der Waals surface area contributed by atoms with Gasteiger partial charge in [-0.25, -0.2) is 4.79 Å². The van der Waals surface area contributed by atoms with Crippen LogP contribution in [0, 0.1) is 0 Å². The first-order valence-electron chi connectivity index (χ1n) is 10.1. The van der Waals surface area contributed by atoms with Crippen molar-refractivity contribution in [1.29, 1.82) is 0 Å². The van der Waals surface area contributed by atoms with Crippen molar-refractivity contribution < 1.29 is 18.3 Å². The maximum Gasteiger partial charge on any atom is 0.344 e. The summed E-state index contributed by atoms with van der Waals surface area (Å²) in [5.74, 6) is 1.41. The monoisotopic (exact) mass is 412 g/mol. The lowest BCUT2D eigenvalue weighted by atomic mass is 10.1. The summed E-state index contributed by atoms with van der Waals surface area (Å²) < 4.78 is 23.3. The van der Waals surface area contributed by atoms with E-state index in [9.17, 15) is 4.79 Å². The summed E-state index contributed by atoms with van der Waals surface area (Å²) in [5, 5.41) is 2.35. The summed E-state index contributed by atoms with van der Waals surface area (Å²) in [6, 6.07) is 11.3. The van der Waals surface area contributed by atoms with Gasteiger partial charge in [-0.2, -0.15) is 0 Å². The van der Waals surface area contributed by atoms with Gasteiger partial charge in [0.1, 0.15) is 23.2 Å². The van der Waals surface area contributed by atoms with Crippen LogP contribution in [0.25, 0.3) is 21.7 Å². The van der Waals surface area contributed by atoms with Crippen molar-refractivity contribution >= 4 is 30.1 Å². The van der Waals surface area contributed by atoms with Crippen molar-refractivity contribution in [2.24, 2.45) is 0 Å². The summed E-state index contributed by atoms with van der Waals surface area (Å²) in [6.45, 7) is 12.3. The van der Waals surface area contributed by atoms with Gasteiger partial charge in [0, 0.05) is 23.3 Å². The molecule has 1 saturated heterocycles. The molecule has 1 fully saturated rings. The van der Waals surface area contributed by atoms with Crippen LogP contribution in [0.2, 0.25) is 18.1 Å². The van der Waals surface area contributed by atoms with Crippen molar-refractivity contribution in [3.05, 3.63) is 46.8 Å². The van der Waals surface area contributed by atoms with Gasteiger partial charge in [-0.05, 0) is 48.5 Å². The van der Waals surface area contributed by atoms with E-state index in [4.69, 9.17) is 18.3 Å². The summed E-state index contributed by atoms with van der Waals surface area (Å²) in [5.41, 5.74) is 0.168. The van der Waals surface area contributed by atoms with Crippen LogP contribution in [-0.4, -0.2) is 27.6 Å². The molecule has 1 atom stereocenters. The van der Waals surface area contributed by atoms with E-state index >= 15 is 0 Å². The van der Waals surface area contributed by atoms with Gasteiger partial charge in [0.25, 0.3) is 0 Å². The number of rotatable bonds is 4. The molecule has 5 nitrogen and oxygen atoms in total. The van der Waals surface area contributed by atoms with Gasteiger partial charge >= 0.3 is 5.63 Å². The lowest BCUT2D eigenvalue weighted by Gasteiger charge is -2.36. The van der Waals surface area contributed by atoms with E-state index in [1.807, 2.05) is 30.3 Å². The second-order valence-corrected chi connectivity index (χ2v) is 13.9. The number of fused-ring (bicyclic) bond motifs is 3. The number of hydrogen-bond acceptors (Lipinski definition) is 5. The van der Waals surface area contributed by atoms with Gasteiger partial charge in [0.15, 0.2) is 0 Å². The molecule has 0 spiro atoms. The summed E-state index contributed by atoms with van der Waals surface area (Å²) >= 11 is 0. The van der Waals surface area contributed by atoms with E-state index in [-0.39, 0.29) is 16.8 Å². The van der Waals surface area contributed by atoms with Gasteiger partial charge in [0.05, 0.1) is 18.6 Å². The van der Waals surface area contributed by atoms with Crippen molar-refractivity contribution in [3.8, 4) is 11.5 Å². The standard InChI is InChI=1S/C23H28O5Si/c1-23(2,3)29(4,5)28-16-7-9-19-18-8-6-15(26-17-10-11-25-14-17)12-20(18)22(24)27-21(19)13-16/h6-9,12-13,17H,10-11,14H2,1-5H3/t17-/m1/s1. The topological polar surface area (TPSA) is 57.9 Å². The van der Waals surface area contributed by atoms with E-state index < -0.39 is 8.32 Å². The minimum absolute atomic E-state index is 0.0370. The highest BCUT2D eigenvalue weighted by molar-refractivity contribution is 6.74. The Bertz CT molecular complexity index is 1100. The molecule has 1 aliphatic heterocycles. The van der Waals surface area contributed by atoms with Crippen LogP contribution >= 0.6 is 0 Å². The van der Waals surface area contributed by atoms with E-state index in [1.54, 1.807) is 6.07 Å². The molecule has 0 saturated carbocycles. The van der Waals surface area contributed by atoms with Crippen molar-refractivity contribution in [2.45, 2.75) is 51.4 Å². The van der Waals surface area contributed by atoms with E-state index in [0.717, 1.165) is 22.9 Å². The third-order valence-electron chi connectivity index (χ3n) is 6.03. The normalized spacial score (nSPS) is 17.8. The molecule has 2 heterocycles. The number of hydrogen-bond donors (Lipinski definition) is 0. The smallest absolute Gasteiger partial charge is 0.344 e. The first-order valence-corrected chi connectivity index (χ1v) is 13.0. The molecule has 0 N–H and O–H groups in total. The van der Waals surface area contributed by atoms with E-state index in [2.05, 4.69) is 33.9 Å². The highest BCUT2D eigenvalue weighted by Gasteiger charge is 2.39. The van der Waals surface area contributed by atoms with Crippen LogP contribution in [0.1, 0.15) is 27.2 Å². The second-order valence-electron chi connectivity index (χ2n) is 9.22. The summed E-state index contributed by atoms with van der Waals surface area (Å²) in [7, 11) is -1.97. The Balaban J connectivity index is 1.71. The molecule has 0 unspecified atom stereocenters. The van der Waals surface area contributed by atoms with E-state index in [1.165, 1.54) is 0 Å². The molecule has 0 amide bonds. The first kappa shape index (κ1) is 20.0. The summed E-state index contributed by atoms with van der Waals surface area (Å²) in [4.78, 5) is 12.7. The van der Waals surface area contributed by atoms with Gasteiger partial charge in [-0.3, -0.25) is 0 Å². The molecule has 4 rings (SSSR count). The fourth-order valence-electron chi connectivity index (χ4n) is 3.27. The Labute approximate surface area is 171 Å². The molecule has 29 heavy (non-hydrogen) atoms. The molecule has 0 radical (unpaired) electrons. The highest BCUT2D eigenvalue weighted by Crippen LogP contribution is 2.38. The van der Waals surface area contributed by atoms with Gasteiger partial charge in [0.2, 0.25) is 8.32 Å². The van der Waals surface area contributed by atoms with Crippen molar-refractivity contribution in [1.82, 2.24) is 0 Å². The Hall–Kier alpha value is -2.31. The predicted molar refractivity (Wildman–Crippen MR) is 118 cm³/mol. The van der Waals surface area contributed by atoms with Gasteiger partial charge in [-0.1, -0.05) is 20.8 Å². The fourth-order valence-corrected chi connectivity index (χ4v) is 4.30. The Kier molecular flexibility index (Phi) is 4.95. The third-order valence-corrected chi connectivity index (χ3v) is 10.4. The minimum atomic E-state index is -1.97. The molecule has 0 bridgehead atoms. The van der Waals surface area contributed by atoms with Crippen LogP contribution in [-0.2, 0) is 4.74 Å². The van der Waals surface area contributed by atoms with Crippen LogP contribution in [0.15, 0.2) is 45.6 Å². The number of ether oxygens (including phenoxy) is 2. The van der Waals surface area contributed by atoms with Crippen LogP contribution in [0.4, 0.5) is 0 Å². The van der Waals surface area contributed by atoms with E-state index in [0.29, 0.717) is 29.9 Å². The van der Waals surface area contributed by atoms with Crippen molar-refractivity contribution in [2.75, 3.05) is 13.2 Å². The number of benzene rings is 2.